The fraction of sp³-hybridized carbons (Fsp3) is 0.667. The van der Waals surface area contributed by atoms with Crippen LogP contribution in [0.4, 0.5) is 8.78 Å². The van der Waals surface area contributed by atoms with Crippen LogP contribution in [0.1, 0.15) is 19.8 Å². The summed E-state index contributed by atoms with van der Waals surface area (Å²) in [5.74, 6) is 0.693. The lowest BCUT2D eigenvalue weighted by Gasteiger charge is -2.24. The van der Waals surface area contributed by atoms with E-state index in [0.29, 0.717) is 11.5 Å². The molecule has 4 heteroatoms. The Labute approximate surface area is 76.9 Å². The summed E-state index contributed by atoms with van der Waals surface area (Å²) in [5, 5.41) is 0. The minimum Gasteiger partial charge on any atom is -0.277 e. The summed E-state index contributed by atoms with van der Waals surface area (Å²) in [7, 11) is 1.55. The first-order chi connectivity index (χ1) is 6.07. The van der Waals surface area contributed by atoms with E-state index in [-0.39, 0.29) is 5.92 Å². The van der Waals surface area contributed by atoms with E-state index in [4.69, 9.17) is 0 Å². The Morgan fingerprint density at radius 2 is 2.08 bits per heavy atom. The van der Waals surface area contributed by atoms with E-state index in [2.05, 4.69) is 11.6 Å². The first-order valence-corrected chi connectivity index (χ1v) is 4.27. The zero-order valence-corrected chi connectivity index (χ0v) is 7.93. The van der Waals surface area contributed by atoms with E-state index in [1.165, 1.54) is 0 Å². The summed E-state index contributed by atoms with van der Waals surface area (Å²) in [4.78, 5) is 4.81. The standard InChI is InChI=1S/C9H14F2N2/c1-6(2)13(9(10)11)8(12-3)7-4-5-7/h7,9H,1,4-5H2,2-3H3/b12-8-. The average molecular weight is 188 g/mol. The van der Waals surface area contributed by atoms with Gasteiger partial charge in [0.2, 0.25) is 0 Å². The molecule has 0 aliphatic heterocycles. The van der Waals surface area contributed by atoms with Gasteiger partial charge in [-0.25, -0.2) is 0 Å². The SMILES string of the molecule is C=C(C)N(/C(=N\C)C1CC1)C(F)F. The fourth-order valence-electron chi connectivity index (χ4n) is 1.29. The van der Waals surface area contributed by atoms with E-state index in [1.807, 2.05) is 0 Å². The lowest BCUT2D eigenvalue weighted by molar-refractivity contribution is 0.0404. The number of amidine groups is 1. The smallest absolute Gasteiger partial charge is 0.277 e. The van der Waals surface area contributed by atoms with Gasteiger partial charge in [-0.15, -0.1) is 0 Å². The van der Waals surface area contributed by atoms with E-state index < -0.39 is 6.55 Å². The number of hydrogen-bond donors (Lipinski definition) is 0. The third kappa shape index (κ3) is 2.26. The van der Waals surface area contributed by atoms with Gasteiger partial charge in [-0.05, 0) is 19.8 Å². The van der Waals surface area contributed by atoms with Gasteiger partial charge in [0, 0.05) is 18.7 Å². The van der Waals surface area contributed by atoms with Crippen molar-refractivity contribution in [2.24, 2.45) is 10.9 Å². The quantitative estimate of drug-likeness (QED) is 0.377. The van der Waals surface area contributed by atoms with Crippen LogP contribution in [0, 0.1) is 5.92 Å². The zero-order chi connectivity index (χ0) is 10.0. The molecule has 0 heterocycles. The molecule has 0 amide bonds. The molecular formula is C9H14F2N2. The molecule has 0 saturated heterocycles. The minimum absolute atomic E-state index is 0.218. The molecule has 0 aromatic rings. The van der Waals surface area contributed by atoms with Crippen LogP contribution in [0.3, 0.4) is 0 Å². The van der Waals surface area contributed by atoms with Crippen molar-refractivity contribution in [3.8, 4) is 0 Å². The monoisotopic (exact) mass is 188 g/mol. The molecule has 0 atom stereocenters. The molecule has 1 aliphatic rings. The molecule has 1 saturated carbocycles. The first-order valence-electron chi connectivity index (χ1n) is 4.27. The average Bonchev–Trinajstić information content (AvgIpc) is 2.80. The first kappa shape index (κ1) is 10.2. The van der Waals surface area contributed by atoms with Crippen LogP contribution in [0.2, 0.25) is 0 Å². The van der Waals surface area contributed by atoms with Gasteiger partial charge in [0.15, 0.2) is 0 Å². The van der Waals surface area contributed by atoms with Gasteiger partial charge in [0.1, 0.15) is 5.84 Å². The molecule has 0 aromatic carbocycles. The summed E-state index contributed by atoms with van der Waals surface area (Å²) >= 11 is 0. The van der Waals surface area contributed by atoms with Crippen LogP contribution >= 0.6 is 0 Å². The Morgan fingerprint density at radius 1 is 1.54 bits per heavy atom. The number of allylic oxidation sites excluding steroid dienone is 1. The number of halogens is 2. The van der Waals surface area contributed by atoms with Crippen molar-refractivity contribution in [2.75, 3.05) is 7.05 Å². The minimum atomic E-state index is -2.53. The molecule has 74 valence electrons. The zero-order valence-electron chi connectivity index (χ0n) is 7.93. The van der Waals surface area contributed by atoms with Crippen molar-refractivity contribution in [1.29, 1.82) is 0 Å². The van der Waals surface area contributed by atoms with E-state index in [1.54, 1.807) is 14.0 Å². The van der Waals surface area contributed by atoms with Crippen LogP contribution in [0.25, 0.3) is 0 Å². The molecule has 1 rings (SSSR count). The highest BCUT2D eigenvalue weighted by atomic mass is 19.3. The predicted octanol–water partition coefficient (Wildman–Crippen LogP) is 2.48. The number of nitrogens with zero attached hydrogens (tertiary/aromatic N) is 2. The molecular weight excluding hydrogens is 174 g/mol. The van der Waals surface area contributed by atoms with Crippen molar-refractivity contribution in [1.82, 2.24) is 4.90 Å². The summed E-state index contributed by atoms with van der Waals surface area (Å²) in [6.07, 6.45) is 1.92. The highest BCUT2D eigenvalue weighted by Gasteiger charge is 2.34. The molecule has 0 radical (unpaired) electrons. The molecule has 2 nitrogen and oxygen atoms in total. The topological polar surface area (TPSA) is 15.6 Å². The molecule has 0 aromatic heterocycles. The maximum absolute atomic E-state index is 12.6. The van der Waals surface area contributed by atoms with Gasteiger partial charge in [0.05, 0.1) is 0 Å². The lowest BCUT2D eigenvalue weighted by Crippen LogP contribution is -2.34. The van der Waals surface area contributed by atoms with E-state index >= 15 is 0 Å². The molecule has 0 spiro atoms. The van der Waals surface area contributed by atoms with Crippen molar-refractivity contribution >= 4 is 5.84 Å². The Balaban J connectivity index is 2.78. The molecule has 13 heavy (non-hydrogen) atoms. The molecule has 0 unspecified atom stereocenters. The highest BCUT2D eigenvalue weighted by Crippen LogP contribution is 2.34. The van der Waals surface area contributed by atoms with E-state index in [9.17, 15) is 8.78 Å². The summed E-state index contributed by atoms with van der Waals surface area (Å²) in [5.41, 5.74) is 0.350. The summed E-state index contributed by atoms with van der Waals surface area (Å²) < 4.78 is 25.1. The highest BCUT2D eigenvalue weighted by molar-refractivity contribution is 5.88. The maximum atomic E-state index is 12.6. The van der Waals surface area contributed by atoms with Crippen molar-refractivity contribution in [2.45, 2.75) is 26.3 Å². The van der Waals surface area contributed by atoms with Gasteiger partial charge in [0.25, 0.3) is 0 Å². The van der Waals surface area contributed by atoms with Crippen molar-refractivity contribution in [3.63, 3.8) is 0 Å². The second-order valence-electron chi connectivity index (χ2n) is 3.24. The second kappa shape index (κ2) is 3.85. The predicted molar refractivity (Wildman–Crippen MR) is 48.7 cm³/mol. The van der Waals surface area contributed by atoms with Gasteiger partial charge < -0.3 is 0 Å². The maximum Gasteiger partial charge on any atom is 0.320 e. The number of alkyl halides is 2. The van der Waals surface area contributed by atoms with Crippen LogP contribution in [0.15, 0.2) is 17.3 Å². The molecule has 1 fully saturated rings. The Hall–Kier alpha value is -0.930. The van der Waals surface area contributed by atoms with Crippen LogP contribution < -0.4 is 0 Å². The Morgan fingerprint density at radius 3 is 2.31 bits per heavy atom. The Kier molecular flexibility index (Phi) is 3.01. The fourth-order valence-corrected chi connectivity index (χ4v) is 1.29. The van der Waals surface area contributed by atoms with Crippen molar-refractivity contribution < 1.29 is 8.78 Å². The van der Waals surface area contributed by atoms with Crippen LogP contribution in [-0.4, -0.2) is 24.3 Å². The van der Waals surface area contributed by atoms with Gasteiger partial charge in [-0.1, -0.05) is 6.58 Å². The van der Waals surface area contributed by atoms with E-state index in [0.717, 1.165) is 17.7 Å². The molecule has 1 aliphatic carbocycles. The van der Waals surface area contributed by atoms with Crippen LogP contribution in [0.5, 0.6) is 0 Å². The Bertz CT molecular complexity index is 232. The van der Waals surface area contributed by atoms with Crippen LogP contribution in [-0.2, 0) is 0 Å². The normalized spacial score (nSPS) is 17.8. The van der Waals surface area contributed by atoms with Gasteiger partial charge in [-0.2, -0.15) is 8.78 Å². The van der Waals surface area contributed by atoms with Crippen molar-refractivity contribution in [3.05, 3.63) is 12.3 Å². The molecule has 0 N–H and O–H groups in total. The summed E-state index contributed by atoms with van der Waals surface area (Å²) in [6.45, 7) is 2.56. The number of aliphatic imine (C=N–C) groups is 1. The third-order valence-corrected chi connectivity index (χ3v) is 2.02. The van der Waals surface area contributed by atoms with Gasteiger partial charge in [-0.3, -0.25) is 9.89 Å². The third-order valence-electron chi connectivity index (χ3n) is 2.02. The lowest BCUT2D eigenvalue weighted by atomic mass is 10.3. The largest absolute Gasteiger partial charge is 0.320 e. The second-order valence-corrected chi connectivity index (χ2v) is 3.24. The number of rotatable bonds is 3. The van der Waals surface area contributed by atoms with Gasteiger partial charge >= 0.3 is 6.55 Å². The number of hydrogen-bond acceptors (Lipinski definition) is 1. The summed E-state index contributed by atoms with van der Waals surface area (Å²) in [6, 6.07) is 0. The molecule has 0 bridgehead atoms.